The van der Waals surface area contributed by atoms with E-state index < -0.39 is 0 Å². The highest BCUT2D eigenvalue weighted by Crippen LogP contribution is 2.06. The molecule has 2 N–H and O–H groups in total. The van der Waals surface area contributed by atoms with Crippen molar-refractivity contribution in [2.24, 2.45) is 0 Å². The fourth-order valence-corrected chi connectivity index (χ4v) is 2.26. The summed E-state index contributed by atoms with van der Waals surface area (Å²) in [5.74, 6) is 0. The summed E-state index contributed by atoms with van der Waals surface area (Å²) >= 11 is 0. The molecule has 92 valence electrons. The average molecular weight is 230 g/mol. The zero-order chi connectivity index (χ0) is 11.9. The van der Waals surface area contributed by atoms with Gasteiger partial charge in [-0.2, -0.15) is 0 Å². The van der Waals surface area contributed by atoms with Crippen LogP contribution in [0.4, 0.5) is 0 Å². The van der Waals surface area contributed by atoms with E-state index in [-0.39, 0.29) is 0 Å². The number of benzene rings is 1. The van der Waals surface area contributed by atoms with Crippen LogP contribution in [0.25, 0.3) is 6.08 Å². The van der Waals surface area contributed by atoms with Crippen LogP contribution in [0.5, 0.6) is 0 Å². The highest BCUT2D eigenvalue weighted by Gasteiger charge is 2.12. The molecule has 17 heavy (non-hydrogen) atoms. The molecule has 0 aromatic heterocycles. The molecule has 0 spiro atoms. The molecule has 1 heterocycles. The third-order valence-corrected chi connectivity index (χ3v) is 3.17. The Morgan fingerprint density at radius 1 is 1.41 bits per heavy atom. The zero-order valence-corrected chi connectivity index (χ0v) is 10.6. The fraction of sp³-hybridized carbons (Fsp3) is 0.467. The molecule has 0 unspecified atom stereocenters. The van der Waals surface area contributed by atoms with Crippen molar-refractivity contribution in [3.63, 3.8) is 0 Å². The highest BCUT2D eigenvalue weighted by molar-refractivity contribution is 5.52. The van der Waals surface area contributed by atoms with Gasteiger partial charge in [0, 0.05) is 19.1 Å². The van der Waals surface area contributed by atoms with Crippen molar-refractivity contribution < 1.29 is 0 Å². The molecule has 0 saturated carbocycles. The Labute approximate surface area is 104 Å². The van der Waals surface area contributed by atoms with E-state index >= 15 is 0 Å². The Bertz CT molecular complexity index is 350. The van der Waals surface area contributed by atoms with E-state index in [4.69, 9.17) is 0 Å². The molecule has 1 aliphatic rings. The second-order valence-electron chi connectivity index (χ2n) is 4.83. The predicted molar refractivity (Wildman–Crippen MR) is 74.0 cm³/mol. The van der Waals surface area contributed by atoms with Crippen LogP contribution in [0.15, 0.2) is 35.9 Å². The topological polar surface area (TPSA) is 24.1 Å². The molecule has 1 atom stereocenters. The van der Waals surface area contributed by atoms with Crippen molar-refractivity contribution in [3.8, 4) is 0 Å². The van der Waals surface area contributed by atoms with E-state index in [0.29, 0.717) is 6.04 Å². The molecule has 2 heteroatoms. The molecule has 0 amide bonds. The Morgan fingerprint density at radius 3 is 2.94 bits per heavy atom. The number of hydrogen-bond acceptors (Lipinski definition) is 2. The van der Waals surface area contributed by atoms with Gasteiger partial charge in [0.25, 0.3) is 0 Å². The van der Waals surface area contributed by atoms with Crippen molar-refractivity contribution in [2.75, 3.05) is 19.6 Å². The van der Waals surface area contributed by atoms with Crippen LogP contribution in [0.3, 0.4) is 0 Å². The minimum absolute atomic E-state index is 0.680. The molecule has 0 aliphatic carbocycles. The van der Waals surface area contributed by atoms with E-state index in [0.717, 1.165) is 13.1 Å². The minimum Gasteiger partial charge on any atom is -0.313 e. The van der Waals surface area contributed by atoms with E-state index in [1.165, 1.54) is 30.5 Å². The Kier molecular flexibility index (Phi) is 4.77. The number of hydrogen-bond donors (Lipinski definition) is 2. The molecule has 1 fully saturated rings. The normalized spacial score (nSPS) is 20.8. The van der Waals surface area contributed by atoms with Crippen molar-refractivity contribution >= 4 is 6.08 Å². The quantitative estimate of drug-likeness (QED) is 0.812. The minimum atomic E-state index is 0.680. The lowest BCUT2D eigenvalue weighted by Gasteiger charge is -2.11. The monoisotopic (exact) mass is 230 g/mol. The van der Waals surface area contributed by atoms with E-state index in [1.54, 1.807) is 0 Å². The van der Waals surface area contributed by atoms with Gasteiger partial charge < -0.3 is 10.6 Å². The van der Waals surface area contributed by atoms with E-state index in [9.17, 15) is 0 Å². The average Bonchev–Trinajstić information content (AvgIpc) is 2.83. The van der Waals surface area contributed by atoms with Crippen LogP contribution in [0, 0.1) is 0 Å². The van der Waals surface area contributed by atoms with Crippen LogP contribution in [0.2, 0.25) is 0 Å². The lowest BCUT2D eigenvalue weighted by Crippen LogP contribution is -2.34. The smallest absolute Gasteiger partial charge is 0.0193 e. The molecule has 0 radical (unpaired) electrons. The fourth-order valence-electron chi connectivity index (χ4n) is 2.26. The van der Waals surface area contributed by atoms with Gasteiger partial charge in [0.15, 0.2) is 0 Å². The first-order valence-corrected chi connectivity index (χ1v) is 6.51. The lowest BCUT2D eigenvalue weighted by molar-refractivity contribution is 0.551. The van der Waals surface area contributed by atoms with Crippen LogP contribution < -0.4 is 10.6 Å². The Morgan fingerprint density at radius 2 is 2.24 bits per heavy atom. The molecule has 0 bridgehead atoms. The van der Waals surface area contributed by atoms with Gasteiger partial charge in [0.2, 0.25) is 0 Å². The highest BCUT2D eigenvalue weighted by atomic mass is 15.0. The summed E-state index contributed by atoms with van der Waals surface area (Å²) in [7, 11) is 0. The molecule has 1 saturated heterocycles. The summed E-state index contributed by atoms with van der Waals surface area (Å²) in [6, 6.07) is 11.2. The summed E-state index contributed by atoms with van der Waals surface area (Å²) in [5.41, 5.74) is 2.67. The summed E-state index contributed by atoms with van der Waals surface area (Å²) in [6.07, 6.45) is 4.88. The van der Waals surface area contributed by atoms with Gasteiger partial charge in [-0.25, -0.2) is 0 Å². The Balaban J connectivity index is 1.73. The maximum Gasteiger partial charge on any atom is 0.0193 e. The van der Waals surface area contributed by atoms with Crippen LogP contribution in [-0.4, -0.2) is 25.7 Å². The van der Waals surface area contributed by atoms with Crippen molar-refractivity contribution in [2.45, 2.75) is 25.8 Å². The largest absolute Gasteiger partial charge is 0.313 e. The first-order valence-electron chi connectivity index (χ1n) is 6.51. The predicted octanol–water partition coefficient (Wildman–Crippen LogP) is 2.43. The molecule has 1 aromatic rings. The first-order chi connectivity index (χ1) is 8.34. The van der Waals surface area contributed by atoms with Crippen molar-refractivity contribution in [3.05, 3.63) is 41.5 Å². The molecule has 2 rings (SSSR count). The van der Waals surface area contributed by atoms with Gasteiger partial charge in [-0.1, -0.05) is 42.0 Å². The number of nitrogens with one attached hydrogen (secondary N) is 2. The van der Waals surface area contributed by atoms with Gasteiger partial charge in [0.1, 0.15) is 0 Å². The summed E-state index contributed by atoms with van der Waals surface area (Å²) in [5, 5.41) is 7.01. The van der Waals surface area contributed by atoms with Crippen LogP contribution in [-0.2, 0) is 0 Å². The second kappa shape index (κ2) is 6.58. The van der Waals surface area contributed by atoms with E-state index in [1.807, 2.05) is 0 Å². The third kappa shape index (κ3) is 4.33. The van der Waals surface area contributed by atoms with Gasteiger partial charge >= 0.3 is 0 Å². The summed E-state index contributed by atoms with van der Waals surface area (Å²) in [4.78, 5) is 0. The Hall–Kier alpha value is -1.12. The standard InChI is InChI=1S/C15H22N2/c1-13(10-14-6-3-2-4-7-14)11-16-12-15-8-5-9-17-15/h2-4,6-7,10,15-17H,5,8-9,11-12H2,1H3/t15-/m0/s1. The summed E-state index contributed by atoms with van der Waals surface area (Å²) in [6.45, 7) is 5.43. The van der Waals surface area contributed by atoms with Gasteiger partial charge in [0.05, 0.1) is 0 Å². The maximum absolute atomic E-state index is 3.52. The van der Waals surface area contributed by atoms with Crippen LogP contribution >= 0.6 is 0 Å². The lowest BCUT2D eigenvalue weighted by atomic mass is 10.1. The van der Waals surface area contributed by atoms with Gasteiger partial charge in [-0.05, 0) is 31.9 Å². The molecule has 1 aromatic carbocycles. The first kappa shape index (κ1) is 12.3. The van der Waals surface area contributed by atoms with Crippen molar-refractivity contribution in [1.29, 1.82) is 0 Å². The second-order valence-corrected chi connectivity index (χ2v) is 4.83. The zero-order valence-electron chi connectivity index (χ0n) is 10.6. The maximum atomic E-state index is 3.52. The molecule has 2 nitrogen and oxygen atoms in total. The summed E-state index contributed by atoms with van der Waals surface area (Å²) < 4.78 is 0. The molecular weight excluding hydrogens is 208 g/mol. The van der Waals surface area contributed by atoms with Gasteiger partial charge in [-0.15, -0.1) is 0 Å². The molecule has 1 aliphatic heterocycles. The van der Waals surface area contributed by atoms with Crippen molar-refractivity contribution in [1.82, 2.24) is 10.6 Å². The molecular formula is C15H22N2. The SMILES string of the molecule is CC(=Cc1ccccc1)CNC[C@@H]1CCCN1. The van der Waals surface area contributed by atoms with E-state index in [2.05, 4.69) is 54.0 Å². The van der Waals surface area contributed by atoms with Gasteiger partial charge in [-0.3, -0.25) is 0 Å². The van der Waals surface area contributed by atoms with Crippen LogP contribution in [0.1, 0.15) is 25.3 Å². The number of rotatable bonds is 5. The third-order valence-electron chi connectivity index (χ3n) is 3.17.